The Kier molecular flexibility index (Phi) is 4.34. The van der Waals surface area contributed by atoms with Crippen molar-refractivity contribution in [1.82, 2.24) is 4.90 Å². The highest BCUT2D eigenvalue weighted by molar-refractivity contribution is 7.91. The van der Waals surface area contributed by atoms with Gasteiger partial charge in [0.05, 0.1) is 6.04 Å². The Morgan fingerprint density at radius 3 is 2.56 bits per heavy atom. The standard InChI is InChI=1S/C12H18N2O3S/c1-9(10-5-4-6-11(13)7-10)14(2)12(15)8-18(3,16)17/h4-7,9H,8,13H2,1-3H3. The number of nitrogens with zero attached hydrogens (tertiary/aromatic N) is 1. The van der Waals surface area contributed by atoms with E-state index < -0.39 is 21.5 Å². The van der Waals surface area contributed by atoms with Crippen LogP contribution in [0.2, 0.25) is 0 Å². The van der Waals surface area contributed by atoms with E-state index in [2.05, 4.69) is 0 Å². The quantitative estimate of drug-likeness (QED) is 0.822. The topological polar surface area (TPSA) is 80.5 Å². The van der Waals surface area contributed by atoms with Gasteiger partial charge in [0.15, 0.2) is 9.84 Å². The van der Waals surface area contributed by atoms with E-state index >= 15 is 0 Å². The molecule has 1 atom stereocenters. The molecular weight excluding hydrogens is 252 g/mol. The van der Waals surface area contributed by atoms with E-state index in [-0.39, 0.29) is 6.04 Å². The van der Waals surface area contributed by atoms with Gasteiger partial charge in [-0.1, -0.05) is 12.1 Å². The SMILES string of the molecule is CC(c1cccc(N)c1)N(C)C(=O)CS(C)(=O)=O. The van der Waals surface area contributed by atoms with Crippen molar-refractivity contribution in [2.45, 2.75) is 13.0 Å². The van der Waals surface area contributed by atoms with Crippen LogP contribution in [0.15, 0.2) is 24.3 Å². The third kappa shape index (κ3) is 4.03. The largest absolute Gasteiger partial charge is 0.399 e. The molecule has 1 unspecified atom stereocenters. The van der Waals surface area contributed by atoms with Gasteiger partial charge in [0, 0.05) is 19.0 Å². The lowest BCUT2D eigenvalue weighted by atomic mass is 10.1. The molecule has 18 heavy (non-hydrogen) atoms. The molecule has 1 amide bonds. The van der Waals surface area contributed by atoms with Gasteiger partial charge in [-0.25, -0.2) is 8.42 Å². The molecule has 2 N–H and O–H groups in total. The molecule has 0 aromatic heterocycles. The lowest BCUT2D eigenvalue weighted by Crippen LogP contribution is -2.34. The second-order valence-corrected chi connectivity index (χ2v) is 6.56. The maximum atomic E-state index is 11.8. The molecule has 1 rings (SSSR count). The van der Waals surface area contributed by atoms with Crippen LogP contribution >= 0.6 is 0 Å². The van der Waals surface area contributed by atoms with Crippen molar-refractivity contribution in [2.24, 2.45) is 0 Å². The number of benzene rings is 1. The van der Waals surface area contributed by atoms with Crippen LogP contribution in [0.25, 0.3) is 0 Å². The van der Waals surface area contributed by atoms with E-state index in [1.807, 2.05) is 13.0 Å². The minimum atomic E-state index is -3.31. The summed E-state index contributed by atoms with van der Waals surface area (Å²) in [5.74, 6) is -0.900. The Bertz CT molecular complexity index is 540. The number of rotatable bonds is 4. The molecule has 0 fully saturated rings. The van der Waals surface area contributed by atoms with E-state index in [0.717, 1.165) is 11.8 Å². The number of nitrogen functional groups attached to an aromatic ring is 1. The molecule has 5 nitrogen and oxygen atoms in total. The zero-order valence-electron chi connectivity index (χ0n) is 10.8. The molecule has 100 valence electrons. The first-order valence-corrected chi connectivity index (χ1v) is 7.55. The Morgan fingerprint density at radius 1 is 1.44 bits per heavy atom. The minimum Gasteiger partial charge on any atom is -0.399 e. The minimum absolute atomic E-state index is 0.220. The average Bonchev–Trinajstić information content (AvgIpc) is 2.24. The molecule has 0 aliphatic rings. The van der Waals surface area contributed by atoms with Crippen LogP contribution in [0.5, 0.6) is 0 Å². The van der Waals surface area contributed by atoms with Crippen LogP contribution in [-0.2, 0) is 14.6 Å². The zero-order valence-corrected chi connectivity index (χ0v) is 11.6. The number of anilines is 1. The molecule has 1 aromatic rings. The third-order valence-corrected chi connectivity index (χ3v) is 3.52. The number of hydrogen-bond acceptors (Lipinski definition) is 4. The summed E-state index contributed by atoms with van der Waals surface area (Å²) in [5, 5.41) is 0. The highest BCUT2D eigenvalue weighted by Crippen LogP contribution is 2.20. The number of nitrogens with two attached hydrogens (primary N) is 1. The first-order chi connectivity index (χ1) is 8.20. The normalized spacial score (nSPS) is 13.1. The van der Waals surface area contributed by atoms with Crippen molar-refractivity contribution in [2.75, 3.05) is 24.8 Å². The fourth-order valence-electron chi connectivity index (χ4n) is 1.58. The van der Waals surface area contributed by atoms with Crippen molar-refractivity contribution in [1.29, 1.82) is 0 Å². The molecular formula is C12H18N2O3S. The van der Waals surface area contributed by atoms with Crippen LogP contribution in [0, 0.1) is 0 Å². The zero-order chi connectivity index (χ0) is 13.9. The Labute approximate surface area is 108 Å². The molecule has 0 bridgehead atoms. The van der Waals surface area contributed by atoms with Gasteiger partial charge in [0.1, 0.15) is 5.75 Å². The fourth-order valence-corrected chi connectivity index (χ4v) is 2.24. The first kappa shape index (κ1) is 14.5. The van der Waals surface area contributed by atoms with Gasteiger partial charge in [-0.2, -0.15) is 0 Å². The summed E-state index contributed by atoms with van der Waals surface area (Å²) < 4.78 is 22.2. The summed E-state index contributed by atoms with van der Waals surface area (Å²) in [5.41, 5.74) is 7.16. The fraction of sp³-hybridized carbons (Fsp3) is 0.417. The van der Waals surface area contributed by atoms with Crippen molar-refractivity contribution in [3.63, 3.8) is 0 Å². The Balaban J connectivity index is 2.84. The van der Waals surface area contributed by atoms with Crippen molar-refractivity contribution in [3.8, 4) is 0 Å². The van der Waals surface area contributed by atoms with Crippen molar-refractivity contribution in [3.05, 3.63) is 29.8 Å². The molecule has 0 aliphatic carbocycles. The summed E-state index contributed by atoms with van der Waals surface area (Å²) in [7, 11) is -1.72. The molecule has 1 aromatic carbocycles. The summed E-state index contributed by atoms with van der Waals surface area (Å²) in [6.07, 6.45) is 1.05. The van der Waals surface area contributed by atoms with Crippen molar-refractivity contribution < 1.29 is 13.2 Å². The highest BCUT2D eigenvalue weighted by Gasteiger charge is 2.20. The predicted octanol–water partition coefficient (Wildman–Crippen LogP) is 0.833. The van der Waals surface area contributed by atoms with Gasteiger partial charge in [0.25, 0.3) is 0 Å². The summed E-state index contributed by atoms with van der Waals surface area (Å²) >= 11 is 0. The Morgan fingerprint density at radius 2 is 2.06 bits per heavy atom. The second kappa shape index (κ2) is 5.39. The van der Waals surface area contributed by atoms with Gasteiger partial charge in [-0.05, 0) is 24.6 Å². The van der Waals surface area contributed by atoms with Crippen LogP contribution < -0.4 is 5.73 Å². The molecule has 0 heterocycles. The van der Waals surface area contributed by atoms with Crippen LogP contribution in [0.4, 0.5) is 5.69 Å². The maximum Gasteiger partial charge on any atom is 0.238 e. The smallest absolute Gasteiger partial charge is 0.238 e. The number of carbonyl (C=O) groups excluding carboxylic acids is 1. The monoisotopic (exact) mass is 270 g/mol. The lowest BCUT2D eigenvalue weighted by molar-refractivity contribution is -0.129. The molecule has 0 saturated carbocycles. The molecule has 0 radical (unpaired) electrons. The van der Waals surface area contributed by atoms with Crippen LogP contribution in [0.1, 0.15) is 18.5 Å². The first-order valence-electron chi connectivity index (χ1n) is 5.49. The average molecular weight is 270 g/mol. The number of amides is 1. The van der Waals surface area contributed by atoms with Gasteiger partial charge in [-0.3, -0.25) is 4.79 Å². The van der Waals surface area contributed by atoms with E-state index in [1.165, 1.54) is 4.90 Å². The predicted molar refractivity (Wildman–Crippen MR) is 71.8 cm³/mol. The molecule has 0 aliphatic heterocycles. The van der Waals surface area contributed by atoms with E-state index in [9.17, 15) is 13.2 Å². The van der Waals surface area contributed by atoms with Crippen LogP contribution in [0.3, 0.4) is 0 Å². The van der Waals surface area contributed by atoms with Gasteiger partial charge in [0.2, 0.25) is 5.91 Å². The number of sulfone groups is 1. The van der Waals surface area contributed by atoms with Gasteiger partial charge < -0.3 is 10.6 Å². The summed E-state index contributed by atoms with van der Waals surface area (Å²) in [4.78, 5) is 13.2. The van der Waals surface area contributed by atoms with Gasteiger partial charge in [-0.15, -0.1) is 0 Å². The van der Waals surface area contributed by atoms with Gasteiger partial charge >= 0.3 is 0 Å². The van der Waals surface area contributed by atoms with E-state index in [1.54, 1.807) is 25.2 Å². The number of hydrogen-bond donors (Lipinski definition) is 1. The molecule has 0 spiro atoms. The second-order valence-electron chi connectivity index (χ2n) is 4.42. The van der Waals surface area contributed by atoms with E-state index in [0.29, 0.717) is 5.69 Å². The van der Waals surface area contributed by atoms with E-state index in [4.69, 9.17) is 5.73 Å². The Hall–Kier alpha value is -1.56. The summed E-state index contributed by atoms with van der Waals surface area (Å²) in [6.45, 7) is 1.83. The lowest BCUT2D eigenvalue weighted by Gasteiger charge is -2.25. The van der Waals surface area contributed by atoms with Crippen LogP contribution in [-0.4, -0.2) is 38.3 Å². The molecule has 6 heteroatoms. The third-order valence-electron chi connectivity index (χ3n) is 2.75. The van der Waals surface area contributed by atoms with Crippen molar-refractivity contribution >= 4 is 21.4 Å². The molecule has 0 saturated heterocycles. The maximum absolute atomic E-state index is 11.8. The number of carbonyl (C=O) groups is 1. The summed E-state index contributed by atoms with van der Waals surface area (Å²) in [6, 6.07) is 6.97. The highest BCUT2D eigenvalue weighted by atomic mass is 32.2.